The third-order valence-electron chi connectivity index (χ3n) is 8.02. The van der Waals surface area contributed by atoms with Gasteiger partial charge in [0.1, 0.15) is 17.2 Å². The van der Waals surface area contributed by atoms with E-state index in [1.54, 1.807) is 15.5 Å². The number of rotatable bonds is 8. The fourth-order valence-electron chi connectivity index (χ4n) is 6.49. The molecule has 0 aromatic carbocycles. The van der Waals surface area contributed by atoms with Gasteiger partial charge in [-0.2, -0.15) is 0 Å². The van der Waals surface area contributed by atoms with Gasteiger partial charge < -0.3 is 15.3 Å². The van der Waals surface area contributed by atoms with E-state index in [0.717, 1.165) is 17.8 Å². The Kier molecular flexibility index (Phi) is 5.70. The summed E-state index contributed by atoms with van der Waals surface area (Å²) in [5.41, 5.74) is 1.18. The SMILES string of the molecule is CCN(CCCO)C(=O)c1cn2c(NC(=O)CC34CCCC(C3)C3CC3C4)cccc2n1. The van der Waals surface area contributed by atoms with Crippen molar-refractivity contribution >= 4 is 23.3 Å². The van der Waals surface area contributed by atoms with Gasteiger partial charge in [-0.05, 0) is 74.3 Å². The van der Waals surface area contributed by atoms with E-state index in [0.29, 0.717) is 43.1 Å². The van der Waals surface area contributed by atoms with Crippen molar-refractivity contribution in [3.05, 3.63) is 30.1 Å². The maximum Gasteiger partial charge on any atom is 0.274 e. The highest BCUT2D eigenvalue weighted by molar-refractivity contribution is 5.94. The molecule has 172 valence electrons. The second-order valence-electron chi connectivity index (χ2n) is 10.2. The van der Waals surface area contributed by atoms with E-state index in [1.807, 2.05) is 25.1 Å². The molecule has 2 aromatic rings. The minimum Gasteiger partial charge on any atom is -0.396 e. The van der Waals surface area contributed by atoms with Crippen LogP contribution in [0.4, 0.5) is 5.82 Å². The van der Waals surface area contributed by atoms with Crippen LogP contribution >= 0.6 is 0 Å². The summed E-state index contributed by atoms with van der Waals surface area (Å²) < 4.78 is 1.80. The fourth-order valence-corrected chi connectivity index (χ4v) is 6.49. The lowest BCUT2D eigenvalue weighted by molar-refractivity contribution is -0.120. The molecular formula is C25H34N4O3. The van der Waals surface area contributed by atoms with Crippen molar-refractivity contribution in [1.29, 1.82) is 0 Å². The molecule has 32 heavy (non-hydrogen) atoms. The number of nitrogens with one attached hydrogen (secondary N) is 1. The van der Waals surface area contributed by atoms with E-state index >= 15 is 0 Å². The number of pyridine rings is 1. The molecule has 0 aliphatic heterocycles. The number of aliphatic hydroxyl groups excluding tert-OH is 1. The molecule has 0 saturated heterocycles. The van der Waals surface area contributed by atoms with Crippen LogP contribution in [0.5, 0.6) is 0 Å². The van der Waals surface area contributed by atoms with Crippen molar-refractivity contribution in [3.8, 4) is 0 Å². The Hall–Kier alpha value is -2.41. The zero-order valence-corrected chi connectivity index (χ0v) is 18.9. The molecule has 3 saturated carbocycles. The molecule has 3 aliphatic rings. The van der Waals surface area contributed by atoms with E-state index in [2.05, 4.69) is 10.3 Å². The highest BCUT2D eigenvalue weighted by atomic mass is 16.3. The van der Waals surface area contributed by atoms with E-state index in [-0.39, 0.29) is 23.8 Å². The minimum atomic E-state index is -0.157. The summed E-state index contributed by atoms with van der Waals surface area (Å²) in [5.74, 6) is 3.21. The molecule has 5 rings (SSSR count). The largest absolute Gasteiger partial charge is 0.396 e. The summed E-state index contributed by atoms with van der Waals surface area (Å²) in [6, 6.07) is 5.57. The first-order valence-electron chi connectivity index (χ1n) is 12.2. The molecule has 2 amide bonds. The van der Waals surface area contributed by atoms with Gasteiger partial charge in [-0.1, -0.05) is 18.9 Å². The van der Waals surface area contributed by atoms with Crippen molar-refractivity contribution in [2.45, 2.75) is 58.3 Å². The number of aromatic nitrogens is 2. The van der Waals surface area contributed by atoms with Gasteiger partial charge in [0.25, 0.3) is 5.91 Å². The number of anilines is 1. The van der Waals surface area contributed by atoms with Gasteiger partial charge in [-0.25, -0.2) is 4.98 Å². The molecule has 2 heterocycles. The van der Waals surface area contributed by atoms with Crippen LogP contribution in [0.3, 0.4) is 0 Å². The van der Waals surface area contributed by atoms with Crippen LogP contribution in [0, 0.1) is 23.2 Å². The predicted molar refractivity (Wildman–Crippen MR) is 122 cm³/mol. The molecule has 7 heteroatoms. The Morgan fingerprint density at radius 1 is 1.31 bits per heavy atom. The number of imidazole rings is 1. The van der Waals surface area contributed by atoms with Crippen molar-refractivity contribution in [2.75, 3.05) is 25.0 Å². The number of hydrogen-bond acceptors (Lipinski definition) is 4. The molecule has 2 N–H and O–H groups in total. The molecule has 3 fully saturated rings. The predicted octanol–water partition coefficient (Wildman–Crippen LogP) is 3.72. The number of nitrogens with zero attached hydrogens (tertiary/aromatic N) is 3. The molecule has 4 atom stereocenters. The standard InChI is InChI=1S/C25H34N4O3/c1-2-28(10-5-11-30)24(32)20-16-29-21(26-20)7-3-8-22(29)27-23(31)15-25-9-4-6-17(13-25)19-12-18(19)14-25/h3,7-8,16-19,30H,2,4-6,9-15H2,1H3,(H,27,31). The Morgan fingerprint density at radius 3 is 2.97 bits per heavy atom. The first-order chi connectivity index (χ1) is 15.5. The lowest BCUT2D eigenvalue weighted by atomic mass is 9.60. The average molecular weight is 439 g/mol. The minimum absolute atomic E-state index is 0.0504. The number of aliphatic hydroxyl groups is 1. The van der Waals surface area contributed by atoms with Gasteiger partial charge in [-0.3, -0.25) is 14.0 Å². The molecule has 2 aromatic heterocycles. The van der Waals surface area contributed by atoms with Crippen LogP contribution in [-0.2, 0) is 4.79 Å². The van der Waals surface area contributed by atoms with E-state index in [9.17, 15) is 9.59 Å². The highest BCUT2D eigenvalue weighted by Gasteiger charge is 2.55. The molecule has 4 unspecified atom stereocenters. The summed E-state index contributed by atoms with van der Waals surface area (Å²) in [4.78, 5) is 32.2. The van der Waals surface area contributed by atoms with Crippen LogP contribution in [0.1, 0.15) is 68.8 Å². The molecule has 0 radical (unpaired) electrons. The van der Waals surface area contributed by atoms with Crippen molar-refractivity contribution in [3.63, 3.8) is 0 Å². The van der Waals surface area contributed by atoms with Crippen LogP contribution < -0.4 is 5.32 Å². The van der Waals surface area contributed by atoms with E-state index in [4.69, 9.17) is 5.11 Å². The van der Waals surface area contributed by atoms with Gasteiger partial charge in [0, 0.05) is 32.3 Å². The Labute approximate surface area is 189 Å². The van der Waals surface area contributed by atoms with Gasteiger partial charge >= 0.3 is 0 Å². The van der Waals surface area contributed by atoms with Crippen LogP contribution in [0.2, 0.25) is 0 Å². The summed E-state index contributed by atoms with van der Waals surface area (Å²) in [6.07, 6.45) is 10.4. The van der Waals surface area contributed by atoms with Crippen LogP contribution in [-0.4, -0.2) is 50.9 Å². The fraction of sp³-hybridized carbons (Fsp3) is 0.640. The average Bonchev–Trinajstić information content (AvgIpc) is 3.40. The Balaban J connectivity index is 1.31. The summed E-state index contributed by atoms with van der Waals surface area (Å²) in [7, 11) is 0. The highest BCUT2D eigenvalue weighted by Crippen LogP contribution is 2.64. The number of hydrogen-bond donors (Lipinski definition) is 2. The van der Waals surface area contributed by atoms with Gasteiger partial charge in [0.05, 0.1) is 0 Å². The molecule has 3 aliphatic carbocycles. The molecule has 7 nitrogen and oxygen atoms in total. The van der Waals surface area contributed by atoms with Crippen molar-refractivity contribution in [1.82, 2.24) is 14.3 Å². The van der Waals surface area contributed by atoms with Crippen molar-refractivity contribution in [2.24, 2.45) is 23.2 Å². The second kappa shape index (κ2) is 8.50. The maximum atomic E-state index is 13.1. The molecule has 2 bridgehead atoms. The van der Waals surface area contributed by atoms with Gasteiger partial charge in [0.15, 0.2) is 0 Å². The lowest BCUT2D eigenvalue weighted by Gasteiger charge is -2.44. The number of carbonyl (C=O) groups excluding carboxylic acids is 2. The van der Waals surface area contributed by atoms with Crippen LogP contribution in [0.15, 0.2) is 24.4 Å². The summed E-state index contributed by atoms with van der Waals surface area (Å²) >= 11 is 0. The van der Waals surface area contributed by atoms with Gasteiger partial charge in [0.2, 0.25) is 5.91 Å². The first-order valence-corrected chi connectivity index (χ1v) is 12.2. The monoisotopic (exact) mass is 438 g/mol. The Morgan fingerprint density at radius 2 is 2.16 bits per heavy atom. The summed E-state index contributed by atoms with van der Waals surface area (Å²) in [6.45, 7) is 3.02. The topological polar surface area (TPSA) is 86.9 Å². The van der Waals surface area contributed by atoms with Crippen LogP contribution in [0.25, 0.3) is 5.65 Å². The van der Waals surface area contributed by atoms with E-state index in [1.165, 1.54) is 38.5 Å². The zero-order chi connectivity index (χ0) is 22.3. The Bertz CT molecular complexity index is 1020. The van der Waals surface area contributed by atoms with Gasteiger partial charge in [-0.15, -0.1) is 0 Å². The third-order valence-corrected chi connectivity index (χ3v) is 8.02. The number of fused-ring (bicyclic) bond motifs is 5. The normalized spacial score (nSPS) is 28.2. The smallest absolute Gasteiger partial charge is 0.274 e. The quantitative estimate of drug-likeness (QED) is 0.658. The first kappa shape index (κ1) is 21.4. The molecular weight excluding hydrogens is 404 g/mol. The van der Waals surface area contributed by atoms with E-state index < -0.39 is 0 Å². The zero-order valence-electron chi connectivity index (χ0n) is 18.9. The lowest BCUT2D eigenvalue weighted by Crippen LogP contribution is -2.37. The summed E-state index contributed by atoms with van der Waals surface area (Å²) in [5, 5.41) is 12.2. The second-order valence-corrected chi connectivity index (χ2v) is 10.2. The third kappa shape index (κ3) is 4.03. The number of amides is 2. The maximum absolute atomic E-state index is 13.1. The number of carbonyl (C=O) groups is 2. The van der Waals surface area contributed by atoms with Crippen molar-refractivity contribution < 1.29 is 14.7 Å². The molecule has 0 spiro atoms.